The van der Waals surface area contributed by atoms with Crippen molar-refractivity contribution in [2.24, 2.45) is 5.84 Å². The number of hydrogen-bond acceptors (Lipinski definition) is 3. The average Bonchev–Trinajstić information content (AvgIpc) is 2.39. The van der Waals surface area contributed by atoms with Crippen molar-refractivity contribution >= 4 is 17.3 Å². The van der Waals surface area contributed by atoms with Crippen LogP contribution in [0.5, 0.6) is 0 Å². The molecule has 17 heavy (non-hydrogen) atoms. The van der Waals surface area contributed by atoms with E-state index in [-0.39, 0.29) is 0 Å². The maximum Gasteiger partial charge on any atom is 0.0674 e. The second-order valence-corrected chi connectivity index (χ2v) is 4.34. The molecule has 1 aromatic rings. The van der Waals surface area contributed by atoms with Gasteiger partial charge in [-0.25, -0.2) is 0 Å². The van der Waals surface area contributed by atoms with Crippen molar-refractivity contribution in [1.29, 1.82) is 0 Å². The van der Waals surface area contributed by atoms with Crippen LogP contribution in [0.3, 0.4) is 0 Å². The van der Waals surface area contributed by atoms with Gasteiger partial charge in [0, 0.05) is 12.6 Å². The number of anilines is 1. The first-order valence-corrected chi connectivity index (χ1v) is 6.63. The number of fused-ring (bicyclic) bond motifs is 1. The lowest BCUT2D eigenvalue weighted by Crippen LogP contribution is -2.34. The predicted molar refractivity (Wildman–Crippen MR) is 75.2 cm³/mol. The Morgan fingerprint density at radius 3 is 2.71 bits per heavy atom. The van der Waals surface area contributed by atoms with E-state index in [2.05, 4.69) is 23.7 Å². The van der Waals surface area contributed by atoms with Crippen LogP contribution in [0, 0.1) is 0 Å². The Labute approximate surface area is 109 Å². The molecule has 1 aromatic carbocycles. The lowest BCUT2D eigenvalue weighted by Gasteiger charge is -2.26. The summed E-state index contributed by atoms with van der Waals surface area (Å²) < 4.78 is 0. The molecular weight excluding hydrogens is 234 g/mol. The molecule has 4 heteroatoms. The molecule has 0 radical (unpaired) electrons. The molecule has 1 heterocycles. The first-order valence-electron chi connectivity index (χ1n) is 6.26. The molecule has 0 aliphatic carbocycles. The van der Waals surface area contributed by atoms with Crippen LogP contribution in [0.15, 0.2) is 12.1 Å². The van der Waals surface area contributed by atoms with Gasteiger partial charge in [-0.1, -0.05) is 32.4 Å². The van der Waals surface area contributed by atoms with Gasteiger partial charge >= 0.3 is 0 Å². The summed E-state index contributed by atoms with van der Waals surface area (Å²) in [6, 6.07) is 4.62. The molecule has 1 aliphatic rings. The monoisotopic (exact) mass is 255 g/mol. The van der Waals surface area contributed by atoms with Crippen molar-refractivity contribution in [3.05, 3.63) is 28.3 Å². The van der Waals surface area contributed by atoms with Crippen molar-refractivity contribution in [2.45, 2.75) is 46.2 Å². The van der Waals surface area contributed by atoms with Crippen LogP contribution in [-0.2, 0) is 13.0 Å². The Morgan fingerprint density at radius 1 is 1.41 bits per heavy atom. The summed E-state index contributed by atoms with van der Waals surface area (Å²) in [6.07, 6.45) is 2.20. The van der Waals surface area contributed by atoms with Gasteiger partial charge in [0.05, 0.1) is 10.7 Å². The Bertz CT molecular complexity index is 366. The van der Waals surface area contributed by atoms with Crippen LogP contribution in [-0.4, -0.2) is 6.04 Å². The third-order valence-electron chi connectivity index (χ3n) is 2.99. The van der Waals surface area contributed by atoms with Crippen LogP contribution in [0.1, 0.15) is 38.3 Å². The van der Waals surface area contributed by atoms with Gasteiger partial charge in [-0.3, -0.25) is 5.84 Å². The summed E-state index contributed by atoms with van der Waals surface area (Å²) in [7, 11) is 0. The first-order chi connectivity index (χ1) is 8.24. The van der Waals surface area contributed by atoms with Gasteiger partial charge < -0.3 is 10.7 Å². The highest BCUT2D eigenvalue weighted by atomic mass is 35.5. The third kappa shape index (κ3) is 3.35. The maximum atomic E-state index is 6.06. The summed E-state index contributed by atoms with van der Waals surface area (Å²) in [4.78, 5) is 0. The van der Waals surface area contributed by atoms with E-state index in [0.29, 0.717) is 11.1 Å². The molecule has 0 aromatic heterocycles. The van der Waals surface area contributed by atoms with E-state index in [1.807, 2.05) is 19.9 Å². The second kappa shape index (κ2) is 6.84. The molecular formula is C13H22ClN3. The minimum absolute atomic E-state index is 0.573. The van der Waals surface area contributed by atoms with Crippen LogP contribution in [0.4, 0.5) is 5.69 Å². The molecule has 0 bridgehead atoms. The van der Waals surface area contributed by atoms with Gasteiger partial charge in [0.15, 0.2) is 0 Å². The van der Waals surface area contributed by atoms with Crippen LogP contribution in [0.2, 0.25) is 5.02 Å². The third-order valence-corrected chi connectivity index (χ3v) is 3.30. The standard InChI is InChI=1S/C11H16ClN3.C2H6/c1-2-9-3-7-5-11(15-13)10(12)4-8(7)6-14-9;1-2/h4-5,9,14-15H,2-3,6,13H2,1H3;1-2H3. The molecule has 1 unspecified atom stereocenters. The van der Waals surface area contributed by atoms with E-state index < -0.39 is 0 Å². The molecule has 4 N–H and O–H groups in total. The van der Waals surface area contributed by atoms with E-state index in [1.165, 1.54) is 11.1 Å². The van der Waals surface area contributed by atoms with E-state index in [4.69, 9.17) is 17.4 Å². The van der Waals surface area contributed by atoms with Crippen molar-refractivity contribution in [2.75, 3.05) is 5.43 Å². The zero-order chi connectivity index (χ0) is 12.8. The Balaban J connectivity index is 0.000000686. The SMILES string of the molecule is CC.CCC1Cc2cc(NN)c(Cl)cc2CN1. The van der Waals surface area contributed by atoms with Gasteiger partial charge in [-0.05, 0) is 36.1 Å². The molecule has 0 spiro atoms. The fraction of sp³-hybridized carbons (Fsp3) is 0.538. The lowest BCUT2D eigenvalue weighted by molar-refractivity contribution is 0.468. The Kier molecular flexibility index (Phi) is 5.75. The highest BCUT2D eigenvalue weighted by Gasteiger charge is 2.17. The quantitative estimate of drug-likeness (QED) is 0.562. The van der Waals surface area contributed by atoms with E-state index in [1.54, 1.807) is 0 Å². The number of nitrogens with one attached hydrogen (secondary N) is 2. The molecule has 0 saturated heterocycles. The van der Waals surface area contributed by atoms with Gasteiger partial charge in [-0.15, -0.1) is 0 Å². The Hall–Kier alpha value is -0.770. The zero-order valence-electron chi connectivity index (χ0n) is 10.8. The van der Waals surface area contributed by atoms with Crippen LogP contribution < -0.4 is 16.6 Å². The summed E-state index contributed by atoms with van der Waals surface area (Å²) in [5.41, 5.74) is 6.06. The maximum absolute atomic E-state index is 6.06. The molecule has 0 saturated carbocycles. The first kappa shape index (κ1) is 14.3. The summed E-state index contributed by atoms with van der Waals surface area (Å²) in [5.74, 6) is 5.40. The van der Waals surface area contributed by atoms with Crippen molar-refractivity contribution < 1.29 is 0 Å². The molecule has 1 aliphatic heterocycles. The fourth-order valence-corrected chi connectivity index (χ4v) is 2.25. The van der Waals surface area contributed by atoms with E-state index >= 15 is 0 Å². The van der Waals surface area contributed by atoms with E-state index in [9.17, 15) is 0 Å². The Morgan fingerprint density at radius 2 is 2.12 bits per heavy atom. The molecule has 2 rings (SSSR count). The largest absolute Gasteiger partial charge is 0.323 e. The number of hydrazine groups is 1. The minimum atomic E-state index is 0.573. The highest BCUT2D eigenvalue weighted by molar-refractivity contribution is 6.33. The zero-order valence-corrected chi connectivity index (χ0v) is 11.6. The predicted octanol–water partition coefficient (Wildman–Crippen LogP) is 3.08. The molecule has 0 fully saturated rings. The lowest BCUT2D eigenvalue weighted by atomic mass is 9.94. The fourth-order valence-electron chi connectivity index (χ4n) is 2.01. The topological polar surface area (TPSA) is 50.1 Å². The number of nitrogen functional groups attached to an aromatic ring is 1. The smallest absolute Gasteiger partial charge is 0.0674 e. The normalized spacial score (nSPS) is 17.8. The van der Waals surface area contributed by atoms with Crippen molar-refractivity contribution in [1.82, 2.24) is 5.32 Å². The van der Waals surface area contributed by atoms with Gasteiger partial charge in [-0.2, -0.15) is 0 Å². The van der Waals surface area contributed by atoms with Crippen molar-refractivity contribution in [3.63, 3.8) is 0 Å². The molecule has 0 amide bonds. The molecule has 1 atom stereocenters. The second-order valence-electron chi connectivity index (χ2n) is 3.94. The summed E-state index contributed by atoms with van der Waals surface area (Å²) in [5, 5.41) is 4.17. The van der Waals surface area contributed by atoms with Gasteiger partial charge in [0.25, 0.3) is 0 Å². The van der Waals surface area contributed by atoms with E-state index in [0.717, 1.165) is 25.1 Å². The average molecular weight is 256 g/mol. The number of hydrogen-bond donors (Lipinski definition) is 3. The van der Waals surface area contributed by atoms with Crippen LogP contribution in [0.25, 0.3) is 0 Å². The molecule has 3 nitrogen and oxygen atoms in total. The molecule has 96 valence electrons. The number of halogens is 1. The number of benzene rings is 1. The van der Waals surface area contributed by atoms with Gasteiger partial charge in [0.1, 0.15) is 0 Å². The summed E-state index contributed by atoms with van der Waals surface area (Å²) >= 11 is 6.06. The minimum Gasteiger partial charge on any atom is -0.323 e. The number of rotatable bonds is 2. The number of nitrogens with two attached hydrogens (primary N) is 1. The highest BCUT2D eigenvalue weighted by Crippen LogP contribution is 2.28. The summed E-state index contributed by atoms with van der Waals surface area (Å²) in [6.45, 7) is 7.10. The van der Waals surface area contributed by atoms with Crippen molar-refractivity contribution in [3.8, 4) is 0 Å². The van der Waals surface area contributed by atoms with Gasteiger partial charge in [0.2, 0.25) is 0 Å². The van der Waals surface area contributed by atoms with Crippen LogP contribution >= 0.6 is 11.6 Å².